The first-order valence-corrected chi connectivity index (χ1v) is 8.39. The Kier molecular flexibility index (Phi) is 3.60. The highest BCUT2D eigenvalue weighted by Gasteiger charge is 2.27. The van der Waals surface area contributed by atoms with Crippen LogP contribution in [-0.2, 0) is 6.42 Å². The molecule has 1 saturated carbocycles. The molecule has 0 spiro atoms. The van der Waals surface area contributed by atoms with Gasteiger partial charge in [-0.1, -0.05) is 25.1 Å². The van der Waals surface area contributed by atoms with Gasteiger partial charge in [-0.25, -0.2) is 0 Å². The first-order chi connectivity index (χ1) is 11.7. The Hall–Kier alpha value is -2.62. The number of hydrogen-bond donors (Lipinski definition) is 0. The Morgan fingerprint density at radius 2 is 2.08 bits per heavy atom. The average Bonchev–Trinajstić information content (AvgIpc) is 3.45. The van der Waals surface area contributed by atoms with Crippen LogP contribution in [0.2, 0.25) is 0 Å². The summed E-state index contributed by atoms with van der Waals surface area (Å²) >= 11 is 0. The number of hydrogen-bond acceptors (Lipinski definition) is 3. The molecule has 122 valence electrons. The Labute approximate surface area is 140 Å². The standard InChI is InChI=1S/C20H20N2O2/c1-3-15-9-13-5-4-6-18(14-10-17(24-2)12-21-11-14)19(13)20(23)22(15)16-7-8-16/h4-6,9-12,16H,3,7-8H2,1-2H3. The minimum Gasteiger partial charge on any atom is -0.495 e. The largest absolute Gasteiger partial charge is 0.495 e. The Morgan fingerprint density at radius 3 is 2.79 bits per heavy atom. The maximum atomic E-state index is 13.2. The molecule has 4 heteroatoms. The first-order valence-electron chi connectivity index (χ1n) is 8.39. The van der Waals surface area contributed by atoms with Gasteiger partial charge in [0.25, 0.3) is 5.56 Å². The molecular formula is C20H20N2O2. The van der Waals surface area contributed by atoms with Crippen LogP contribution in [0.15, 0.2) is 47.5 Å². The van der Waals surface area contributed by atoms with Gasteiger partial charge in [-0.2, -0.15) is 0 Å². The number of pyridine rings is 2. The molecule has 4 nitrogen and oxygen atoms in total. The van der Waals surface area contributed by atoms with Crippen molar-refractivity contribution in [1.82, 2.24) is 9.55 Å². The number of rotatable bonds is 4. The van der Waals surface area contributed by atoms with Crippen LogP contribution >= 0.6 is 0 Å². The molecule has 1 aliphatic carbocycles. The molecule has 2 aromatic heterocycles. The molecule has 3 aromatic rings. The van der Waals surface area contributed by atoms with Crippen LogP contribution in [0.4, 0.5) is 0 Å². The second-order valence-electron chi connectivity index (χ2n) is 6.28. The molecule has 0 radical (unpaired) electrons. The van der Waals surface area contributed by atoms with Gasteiger partial charge in [0, 0.05) is 23.5 Å². The third-order valence-corrected chi connectivity index (χ3v) is 4.70. The Morgan fingerprint density at radius 1 is 1.25 bits per heavy atom. The van der Waals surface area contributed by atoms with Crippen molar-refractivity contribution in [3.05, 3.63) is 58.8 Å². The highest BCUT2D eigenvalue weighted by Crippen LogP contribution is 2.36. The van der Waals surface area contributed by atoms with Crippen molar-refractivity contribution in [2.45, 2.75) is 32.2 Å². The molecule has 0 atom stereocenters. The van der Waals surface area contributed by atoms with Gasteiger partial charge in [0.05, 0.1) is 18.7 Å². The number of nitrogens with zero attached hydrogens (tertiary/aromatic N) is 2. The molecule has 0 amide bonds. The van der Waals surface area contributed by atoms with Crippen molar-refractivity contribution in [3.8, 4) is 16.9 Å². The van der Waals surface area contributed by atoms with Crippen molar-refractivity contribution in [2.75, 3.05) is 7.11 Å². The highest BCUT2D eigenvalue weighted by molar-refractivity contribution is 5.96. The fourth-order valence-corrected chi connectivity index (χ4v) is 3.35. The lowest BCUT2D eigenvalue weighted by Crippen LogP contribution is -2.23. The smallest absolute Gasteiger partial charge is 0.259 e. The number of benzene rings is 1. The number of aromatic nitrogens is 2. The topological polar surface area (TPSA) is 44.1 Å². The van der Waals surface area contributed by atoms with Crippen LogP contribution in [0.1, 0.15) is 31.5 Å². The predicted octanol–water partition coefficient (Wildman–Crippen LogP) is 3.97. The van der Waals surface area contributed by atoms with Gasteiger partial charge in [0.1, 0.15) is 5.75 Å². The molecule has 0 saturated heterocycles. The van der Waals surface area contributed by atoms with E-state index in [9.17, 15) is 4.79 Å². The first kappa shape index (κ1) is 14.9. The summed E-state index contributed by atoms with van der Waals surface area (Å²) in [6.07, 6.45) is 6.52. The fraction of sp³-hybridized carbons (Fsp3) is 0.300. The average molecular weight is 320 g/mol. The second kappa shape index (κ2) is 5.78. The van der Waals surface area contributed by atoms with Gasteiger partial charge in [-0.05, 0) is 42.3 Å². The summed E-state index contributed by atoms with van der Waals surface area (Å²) in [5.74, 6) is 0.692. The molecule has 4 rings (SSSR count). The summed E-state index contributed by atoms with van der Waals surface area (Å²) in [5, 5.41) is 1.77. The van der Waals surface area contributed by atoms with Crippen LogP contribution in [0.5, 0.6) is 5.75 Å². The quantitative estimate of drug-likeness (QED) is 0.730. The minimum absolute atomic E-state index is 0.116. The van der Waals surface area contributed by atoms with Gasteiger partial charge >= 0.3 is 0 Å². The number of fused-ring (bicyclic) bond motifs is 1. The van der Waals surface area contributed by atoms with E-state index in [1.54, 1.807) is 19.5 Å². The third-order valence-electron chi connectivity index (χ3n) is 4.70. The van der Waals surface area contributed by atoms with Crippen LogP contribution in [0.25, 0.3) is 21.9 Å². The monoisotopic (exact) mass is 320 g/mol. The van der Waals surface area contributed by atoms with Gasteiger partial charge in [0.2, 0.25) is 0 Å². The lowest BCUT2D eigenvalue weighted by molar-refractivity contribution is 0.413. The Balaban J connectivity index is 2.03. The summed E-state index contributed by atoms with van der Waals surface area (Å²) in [6, 6.07) is 10.5. The molecule has 0 N–H and O–H groups in total. The maximum absolute atomic E-state index is 13.2. The predicted molar refractivity (Wildman–Crippen MR) is 95.6 cm³/mol. The molecule has 1 aromatic carbocycles. The molecule has 1 aliphatic rings. The van der Waals surface area contributed by atoms with E-state index in [0.717, 1.165) is 46.9 Å². The van der Waals surface area contributed by atoms with Crippen LogP contribution in [0.3, 0.4) is 0 Å². The summed E-state index contributed by atoms with van der Waals surface area (Å²) in [4.78, 5) is 17.5. The van der Waals surface area contributed by atoms with E-state index in [0.29, 0.717) is 11.8 Å². The highest BCUT2D eigenvalue weighted by atomic mass is 16.5. The molecule has 0 aliphatic heterocycles. The Bertz CT molecular complexity index is 971. The van der Waals surface area contributed by atoms with Gasteiger partial charge < -0.3 is 9.30 Å². The van der Waals surface area contributed by atoms with E-state index in [1.165, 1.54) is 0 Å². The van der Waals surface area contributed by atoms with E-state index in [-0.39, 0.29) is 5.56 Å². The third kappa shape index (κ3) is 2.39. The molecular weight excluding hydrogens is 300 g/mol. The van der Waals surface area contributed by atoms with Gasteiger partial charge in [0.15, 0.2) is 0 Å². The zero-order chi connectivity index (χ0) is 16.7. The molecule has 24 heavy (non-hydrogen) atoms. The van der Waals surface area contributed by atoms with E-state index in [4.69, 9.17) is 4.74 Å². The van der Waals surface area contributed by atoms with E-state index < -0.39 is 0 Å². The summed E-state index contributed by atoms with van der Waals surface area (Å²) < 4.78 is 7.28. The summed E-state index contributed by atoms with van der Waals surface area (Å²) in [7, 11) is 1.62. The molecule has 0 unspecified atom stereocenters. The van der Waals surface area contributed by atoms with Crippen LogP contribution < -0.4 is 10.3 Å². The van der Waals surface area contributed by atoms with E-state index >= 15 is 0 Å². The molecule has 1 fully saturated rings. The van der Waals surface area contributed by atoms with E-state index in [1.807, 2.05) is 28.8 Å². The number of aryl methyl sites for hydroxylation is 1. The summed E-state index contributed by atoms with van der Waals surface area (Å²) in [6.45, 7) is 2.11. The van der Waals surface area contributed by atoms with E-state index in [2.05, 4.69) is 18.0 Å². The number of methoxy groups -OCH3 is 1. The van der Waals surface area contributed by atoms with Crippen molar-refractivity contribution >= 4 is 10.8 Å². The van der Waals surface area contributed by atoms with Crippen molar-refractivity contribution in [3.63, 3.8) is 0 Å². The van der Waals surface area contributed by atoms with Crippen molar-refractivity contribution in [1.29, 1.82) is 0 Å². The van der Waals surface area contributed by atoms with Gasteiger partial charge in [-0.3, -0.25) is 9.78 Å². The maximum Gasteiger partial charge on any atom is 0.259 e. The lowest BCUT2D eigenvalue weighted by Gasteiger charge is -2.15. The number of ether oxygens (including phenoxy) is 1. The van der Waals surface area contributed by atoms with Crippen LogP contribution in [-0.4, -0.2) is 16.7 Å². The zero-order valence-corrected chi connectivity index (χ0v) is 14.0. The second-order valence-corrected chi connectivity index (χ2v) is 6.28. The minimum atomic E-state index is 0.116. The summed E-state index contributed by atoms with van der Waals surface area (Å²) in [5.41, 5.74) is 3.06. The van der Waals surface area contributed by atoms with Crippen molar-refractivity contribution < 1.29 is 4.74 Å². The normalized spacial score (nSPS) is 14.1. The van der Waals surface area contributed by atoms with Gasteiger partial charge in [-0.15, -0.1) is 0 Å². The van der Waals surface area contributed by atoms with Crippen LogP contribution in [0, 0.1) is 0 Å². The fourth-order valence-electron chi connectivity index (χ4n) is 3.35. The molecule has 0 bridgehead atoms. The lowest BCUT2D eigenvalue weighted by atomic mass is 9.99. The molecule has 2 heterocycles. The SMILES string of the molecule is CCc1cc2cccc(-c3cncc(OC)c3)c2c(=O)n1C1CC1. The van der Waals surface area contributed by atoms with Crippen molar-refractivity contribution in [2.24, 2.45) is 0 Å². The zero-order valence-electron chi connectivity index (χ0n) is 14.0.